The first-order valence-corrected chi connectivity index (χ1v) is 9.06. The van der Waals surface area contributed by atoms with Gasteiger partial charge in [-0.3, -0.25) is 9.59 Å². The summed E-state index contributed by atoms with van der Waals surface area (Å²) in [5, 5.41) is 13.3. The Bertz CT molecular complexity index is 1100. The Labute approximate surface area is 159 Å². The van der Waals surface area contributed by atoms with Gasteiger partial charge in [-0.2, -0.15) is 0 Å². The number of amidine groups is 1. The first kappa shape index (κ1) is 17.1. The molecule has 0 aliphatic carbocycles. The summed E-state index contributed by atoms with van der Waals surface area (Å²) in [6.07, 6.45) is 3.53. The van der Waals surface area contributed by atoms with Crippen molar-refractivity contribution in [2.45, 2.75) is 6.54 Å². The van der Waals surface area contributed by atoms with Gasteiger partial charge >= 0.3 is 5.97 Å². The second-order valence-electron chi connectivity index (χ2n) is 5.94. The molecule has 2 N–H and O–H groups in total. The maximum absolute atomic E-state index is 12.3. The highest BCUT2D eigenvalue weighted by atomic mass is 32.2. The number of para-hydroxylation sites is 2. The van der Waals surface area contributed by atoms with Gasteiger partial charge in [-0.05, 0) is 36.0 Å². The molecule has 134 valence electrons. The van der Waals surface area contributed by atoms with Crippen LogP contribution in [0.2, 0.25) is 0 Å². The van der Waals surface area contributed by atoms with E-state index in [0.717, 1.165) is 22.2 Å². The summed E-state index contributed by atoms with van der Waals surface area (Å²) in [6.45, 7) is -0.135. The number of carboxylic acid groups (broad SMARTS) is 1. The van der Waals surface area contributed by atoms with E-state index >= 15 is 0 Å². The van der Waals surface area contributed by atoms with Crippen LogP contribution in [0.15, 0.2) is 70.7 Å². The standard InChI is InChI=1S/C20H15N3O3S/c24-18(25)12-23-11-13(15-8-4-5-9-16(15)23)10-17-19(26)22-20(27-17)21-14-6-2-1-3-7-14/h1-11H,12H2,(H,24,25)(H,21,22,26). The van der Waals surface area contributed by atoms with Crippen molar-refractivity contribution in [3.05, 3.63) is 71.3 Å². The zero-order valence-corrected chi connectivity index (χ0v) is 14.9. The minimum atomic E-state index is -0.916. The average molecular weight is 377 g/mol. The first-order chi connectivity index (χ1) is 13.1. The van der Waals surface area contributed by atoms with Gasteiger partial charge in [-0.25, -0.2) is 4.99 Å². The van der Waals surface area contributed by atoms with Gasteiger partial charge in [0.1, 0.15) is 6.54 Å². The predicted molar refractivity (Wildman–Crippen MR) is 107 cm³/mol. The molecule has 0 saturated carbocycles. The molecule has 2 aromatic carbocycles. The topological polar surface area (TPSA) is 83.7 Å². The van der Waals surface area contributed by atoms with Crippen LogP contribution in [0.3, 0.4) is 0 Å². The van der Waals surface area contributed by atoms with Gasteiger partial charge in [0.05, 0.1) is 10.6 Å². The molecule has 0 atom stereocenters. The van der Waals surface area contributed by atoms with E-state index in [0.29, 0.717) is 10.1 Å². The van der Waals surface area contributed by atoms with E-state index in [1.165, 1.54) is 11.8 Å². The molecule has 0 bridgehead atoms. The molecule has 1 aromatic heterocycles. The van der Waals surface area contributed by atoms with Crippen molar-refractivity contribution < 1.29 is 14.7 Å². The van der Waals surface area contributed by atoms with Gasteiger partial charge < -0.3 is 15.0 Å². The number of carboxylic acids is 1. The fourth-order valence-corrected chi connectivity index (χ4v) is 3.74. The Kier molecular flexibility index (Phi) is 4.52. The van der Waals surface area contributed by atoms with Crippen LogP contribution in [0.5, 0.6) is 0 Å². The minimum Gasteiger partial charge on any atom is -0.480 e. The molecule has 6 nitrogen and oxygen atoms in total. The van der Waals surface area contributed by atoms with E-state index in [4.69, 9.17) is 5.11 Å². The third kappa shape index (κ3) is 3.63. The monoisotopic (exact) mass is 377 g/mol. The van der Waals surface area contributed by atoms with Gasteiger partial charge in [0.15, 0.2) is 5.17 Å². The number of nitrogens with zero attached hydrogens (tertiary/aromatic N) is 2. The Morgan fingerprint density at radius 2 is 1.89 bits per heavy atom. The Hall–Kier alpha value is -3.32. The van der Waals surface area contributed by atoms with Gasteiger partial charge in [0.25, 0.3) is 5.91 Å². The second-order valence-corrected chi connectivity index (χ2v) is 6.97. The van der Waals surface area contributed by atoms with Crippen molar-refractivity contribution in [2.75, 3.05) is 0 Å². The molecule has 1 aliphatic heterocycles. The molecule has 1 fully saturated rings. The zero-order valence-electron chi connectivity index (χ0n) is 14.1. The van der Waals surface area contributed by atoms with E-state index in [2.05, 4.69) is 10.3 Å². The summed E-state index contributed by atoms with van der Waals surface area (Å²) in [6, 6.07) is 16.9. The molecule has 27 heavy (non-hydrogen) atoms. The van der Waals surface area contributed by atoms with E-state index in [-0.39, 0.29) is 12.5 Å². The lowest BCUT2D eigenvalue weighted by molar-refractivity contribution is -0.137. The lowest BCUT2D eigenvalue weighted by atomic mass is 10.1. The fourth-order valence-electron chi connectivity index (χ4n) is 2.91. The quantitative estimate of drug-likeness (QED) is 0.680. The molecule has 1 aliphatic rings. The second kappa shape index (κ2) is 7.13. The number of thioether (sulfide) groups is 1. The van der Waals surface area contributed by atoms with Crippen LogP contribution >= 0.6 is 11.8 Å². The Balaban J connectivity index is 1.69. The van der Waals surface area contributed by atoms with Crippen LogP contribution in [0.1, 0.15) is 5.56 Å². The number of nitrogens with one attached hydrogen (secondary N) is 1. The van der Waals surface area contributed by atoms with Crippen LogP contribution in [0.4, 0.5) is 5.69 Å². The third-order valence-electron chi connectivity index (χ3n) is 4.05. The highest BCUT2D eigenvalue weighted by Crippen LogP contribution is 2.31. The van der Waals surface area contributed by atoms with Crippen molar-refractivity contribution in [1.29, 1.82) is 0 Å². The van der Waals surface area contributed by atoms with Crippen molar-refractivity contribution in [3.63, 3.8) is 0 Å². The van der Waals surface area contributed by atoms with Crippen LogP contribution in [-0.4, -0.2) is 26.7 Å². The third-order valence-corrected chi connectivity index (χ3v) is 4.96. The highest BCUT2D eigenvalue weighted by molar-refractivity contribution is 8.18. The number of aliphatic carboxylic acids is 1. The minimum absolute atomic E-state index is 0.135. The van der Waals surface area contributed by atoms with E-state index in [1.54, 1.807) is 16.8 Å². The number of aliphatic imine (C=N–C) groups is 1. The van der Waals surface area contributed by atoms with Gasteiger partial charge in [-0.1, -0.05) is 36.4 Å². The normalized spacial score (nSPS) is 17.0. The molecule has 3 aromatic rings. The smallest absolute Gasteiger partial charge is 0.323 e. The van der Waals surface area contributed by atoms with Crippen LogP contribution < -0.4 is 5.32 Å². The SMILES string of the molecule is O=C(O)Cn1cc(C=C2SC(=Nc3ccccc3)NC2=O)c2ccccc21. The number of hydrogen-bond donors (Lipinski definition) is 2. The molecule has 0 unspecified atom stereocenters. The molecule has 7 heteroatoms. The van der Waals surface area contributed by atoms with E-state index in [9.17, 15) is 9.59 Å². The summed E-state index contributed by atoms with van der Waals surface area (Å²) in [7, 11) is 0. The van der Waals surface area contributed by atoms with Gasteiger partial charge in [0.2, 0.25) is 0 Å². The molecular weight excluding hydrogens is 362 g/mol. The van der Waals surface area contributed by atoms with Crippen molar-refractivity contribution in [1.82, 2.24) is 9.88 Å². The maximum Gasteiger partial charge on any atom is 0.323 e. The fraction of sp³-hybridized carbons (Fsp3) is 0.0500. The number of amides is 1. The molecule has 2 heterocycles. The molecule has 1 saturated heterocycles. The van der Waals surface area contributed by atoms with Crippen molar-refractivity contribution in [2.24, 2.45) is 4.99 Å². The average Bonchev–Trinajstić information content (AvgIpc) is 3.16. The lowest BCUT2D eigenvalue weighted by Gasteiger charge is -1.99. The van der Waals surface area contributed by atoms with E-state index in [1.807, 2.05) is 54.6 Å². The molecular formula is C20H15N3O3S. The first-order valence-electron chi connectivity index (χ1n) is 8.24. The highest BCUT2D eigenvalue weighted by Gasteiger charge is 2.24. The number of fused-ring (bicyclic) bond motifs is 1. The number of carbonyl (C=O) groups is 2. The van der Waals surface area contributed by atoms with Crippen LogP contribution in [0.25, 0.3) is 17.0 Å². The summed E-state index contributed by atoms with van der Waals surface area (Å²) in [4.78, 5) is 28.4. The molecule has 1 amide bonds. The number of benzene rings is 2. The Morgan fingerprint density at radius 1 is 1.15 bits per heavy atom. The maximum atomic E-state index is 12.3. The number of carbonyl (C=O) groups excluding carboxylic acids is 1. The van der Waals surface area contributed by atoms with Gasteiger partial charge in [0, 0.05) is 22.7 Å². The summed E-state index contributed by atoms with van der Waals surface area (Å²) >= 11 is 1.27. The largest absolute Gasteiger partial charge is 0.480 e. The van der Waals surface area contributed by atoms with Crippen molar-refractivity contribution >= 4 is 51.5 Å². The van der Waals surface area contributed by atoms with Gasteiger partial charge in [-0.15, -0.1) is 0 Å². The molecule has 0 spiro atoms. The summed E-state index contributed by atoms with van der Waals surface area (Å²) in [5.41, 5.74) is 2.37. The summed E-state index contributed by atoms with van der Waals surface area (Å²) in [5.74, 6) is -1.13. The predicted octanol–water partition coefficient (Wildman–Crippen LogP) is 3.62. The zero-order chi connectivity index (χ0) is 18.8. The number of rotatable bonds is 4. The summed E-state index contributed by atoms with van der Waals surface area (Å²) < 4.78 is 1.67. The Morgan fingerprint density at radius 3 is 2.67 bits per heavy atom. The molecule has 0 radical (unpaired) electrons. The van der Waals surface area contributed by atoms with Crippen molar-refractivity contribution in [3.8, 4) is 0 Å². The lowest BCUT2D eigenvalue weighted by Crippen LogP contribution is -2.19. The number of hydrogen-bond acceptors (Lipinski definition) is 4. The van der Waals surface area contributed by atoms with Crippen LogP contribution in [0, 0.1) is 0 Å². The van der Waals surface area contributed by atoms with Crippen LogP contribution in [-0.2, 0) is 16.1 Å². The molecule has 4 rings (SSSR count). The number of aromatic nitrogens is 1. The van der Waals surface area contributed by atoms with E-state index < -0.39 is 5.97 Å².